The number of esters is 1. The van der Waals surface area contributed by atoms with Crippen molar-refractivity contribution in [2.75, 3.05) is 6.61 Å². The van der Waals surface area contributed by atoms with Crippen LogP contribution in [0.1, 0.15) is 31.0 Å². The molecule has 29 heavy (non-hydrogen) atoms. The second-order valence-electron chi connectivity index (χ2n) is 6.62. The van der Waals surface area contributed by atoms with Crippen molar-refractivity contribution in [3.8, 4) is 0 Å². The number of carbonyl (C=O) groups excluding carboxylic acids is 1. The highest BCUT2D eigenvalue weighted by Crippen LogP contribution is 2.38. The van der Waals surface area contributed by atoms with E-state index in [0.717, 1.165) is 5.56 Å². The number of benzene rings is 1. The van der Waals surface area contributed by atoms with Gasteiger partial charge in [-0.05, 0) is 31.5 Å². The van der Waals surface area contributed by atoms with Crippen LogP contribution in [-0.4, -0.2) is 22.5 Å². The summed E-state index contributed by atoms with van der Waals surface area (Å²) in [5, 5.41) is 14.9. The summed E-state index contributed by atoms with van der Waals surface area (Å²) < 4.78 is 5.46. The standard InChI is InChI=1S/C21H20ClN3O4/c1-13-18(21(26)29-12-11-15-7-4-3-5-8-15)19(16-9-6-10-17(22)24-16)20(25(27)28)14(2)23-13/h3-10,19,23H,11-12H2,1-2H3/t19-/m1/s1. The number of halogens is 1. The van der Waals surface area contributed by atoms with Crippen LogP contribution >= 0.6 is 11.6 Å². The van der Waals surface area contributed by atoms with Crippen molar-refractivity contribution in [2.45, 2.75) is 26.2 Å². The van der Waals surface area contributed by atoms with Gasteiger partial charge in [0.2, 0.25) is 0 Å². The van der Waals surface area contributed by atoms with Crippen molar-refractivity contribution in [1.29, 1.82) is 0 Å². The van der Waals surface area contributed by atoms with Crippen molar-refractivity contribution in [2.24, 2.45) is 0 Å². The zero-order valence-corrected chi connectivity index (χ0v) is 16.8. The molecule has 0 radical (unpaired) electrons. The molecule has 2 aromatic rings. The molecule has 0 amide bonds. The van der Waals surface area contributed by atoms with Crippen LogP contribution in [0.25, 0.3) is 0 Å². The molecule has 1 aromatic heterocycles. The molecule has 0 unspecified atom stereocenters. The molecular formula is C21H20ClN3O4. The van der Waals surface area contributed by atoms with Gasteiger partial charge in [-0.15, -0.1) is 0 Å². The Hall–Kier alpha value is -3.19. The van der Waals surface area contributed by atoms with Crippen LogP contribution < -0.4 is 5.32 Å². The summed E-state index contributed by atoms with van der Waals surface area (Å²) in [5.74, 6) is -1.60. The zero-order chi connectivity index (χ0) is 21.0. The fourth-order valence-corrected chi connectivity index (χ4v) is 3.52. The minimum atomic E-state index is -0.978. The first-order chi connectivity index (χ1) is 13.9. The fourth-order valence-electron chi connectivity index (χ4n) is 3.35. The van der Waals surface area contributed by atoms with Gasteiger partial charge in [0.15, 0.2) is 0 Å². The van der Waals surface area contributed by atoms with E-state index in [1.807, 2.05) is 30.3 Å². The number of ether oxygens (including phenoxy) is 1. The largest absolute Gasteiger partial charge is 0.462 e. The highest BCUT2D eigenvalue weighted by Gasteiger charge is 2.41. The van der Waals surface area contributed by atoms with E-state index >= 15 is 0 Å². The van der Waals surface area contributed by atoms with Gasteiger partial charge in [0, 0.05) is 12.1 Å². The third kappa shape index (κ3) is 4.63. The van der Waals surface area contributed by atoms with Gasteiger partial charge < -0.3 is 10.1 Å². The normalized spacial score (nSPS) is 16.4. The molecule has 0 saturated heterocycles. The number of pyridine rings is 1. The lowest BCUT2D eigenvalue weighted by Crippen LogP contribution is -2.32. The van der Waals surface area contributed by atoms with Gasteiger partial charge >= 0.3 is 5.97 Å². The highest BCUT2D eigenvalue weighted by molar-refractivity contribution is 6.29. The zero-order valence-electron chi connectivity index (χ0n) is 16.0. The molecule has 0 fully saturated rings. The number of rotatable bonds is 6. The SMILES string of the molecule is CC1=C(C(=O)OCCc2ccccc2)[C@@H](c2cccc(Cl)n2)C([N+](=O)[O-])=C(C)N1. The number of carbonyl (C=O) groups is 1. The molecule has 1 aromatic carbocycles. The van der Waals surface area contributed by atoms with Crippen molar-refractivity contribution >= 4 is 17.6 Å². The Morgan fingerprint density at radius 3 is 2.55 bits per heavy atom. The Morgan fingerprint density at radius 1 is 1.17 bits per heavy atom. The first kappa shape index (κ1) is 20.5. The Bertz CT molecular complexity index is 1000. The number of allylic oxidation sites excluding steroid dienone is 3. The second-order valence-corrected chi connectivity index (χ2v) is 7.01. The lowest BCUT2D eigenvalue weighted by atomic mass is 9.87. The van der Waals surface area contributed by atoms with Gasteiger partial charge in [0.1, 0.15) is 11.1 Å². The molecule has 1 N–H and O–H groups in total. The minimum Gasteiger partial charge on any atom is -0.462 e. The summed E-state index contributed by atoms with van der Waals surface area (Å²) in [6.45, 7) is 3.44. The molecule has 0 spiro atoms. The first-order valence-corrected chi connectivity index (χ1v) is 9.42. The maximum Gasteiger partial charge on any atom is 0.337 e. The van der Waals surface area contributed by atoms with E-state index in [1.54, 1.807) is 32.0 Å². The summed E-state index contributed by atoms with van der Waals surface area (Å²) in [5.41, 5.74) is 2.19. The van der Waals surface area contributed by atoms with E-state index in [9.17, 15) is 14.9 Å². The van der Waals surface area contributed by atoms with E-state index in [2.05, 4.69) is 10.3 Å². The first-order valence-electron chi connectivity index (χ1n) is 9.05. The Balaban J connectivity index is 1.90. The molecule has 0 bridgehead atoms. The van der Waals surface area contributed by atoms with Crippen molar-refractivity contribution in [1.82, 2.24) is 10.3 Å². The predicted molar refractivity (Wildman–Crippen MR) is 109 cm³/mol. The molecule has 1 aliphatic heterocycles. The second kappa shape index (κ2) is 8.87. The molecule has 8 heteroatoms. The molecule has 3 rings (SSSR count). The quantitative estimate of drug-likeness (QED) is 0.333. The van der Waals surface area contributed by atoms with Gasteiger partial charge in [-0.1, -0.05) is 48.0 Å². The number of aromatic nitrogens is 1. The van der Waals surface area contributed by atoms with Crippen LogP contribution in [0.2, 0.25) is 5.15 Å². The third-order valence-electron chi connectivity index (χ3n) is 4.64. The van der Waals surface area contributed by atoms with E-state index in [4.69, 9.17) is 16.3 Å². The van der Waals surface area contributed by atoms with Gasteiger partial charge in [-0.2, -0.15) is 0 Å². The van der Waals surface area contributed by atoms with Crippen LogP contribution in [0.15, 0.2) is 71.2 Å². The Morgan fingerprint density at radius 2 is 1.90 bits per heavy atom. The average molecular weight is 414 g/mol. The van der Waals surface area contributed by atoms with Gasteiger partial charge in [-0.25, -0.2) is 9.78 Å². The molecule has 2 heterocycles. The lowest BCUT2D eigenvalue weighted by molar-refractivity contribution is -0.431. The molecule has 1 atom stereocenters. The number of hydrogen-bond donors (Lipinski definition) is 1. The molecule has 7 nitrogen and oxygen atoms in total. The van der Waals surface area contributed by atoms with Gasteiger partial charge in [-0.3, -0.25) is 10.1 Å². The lowest BCUT2D eigenvalue weighted by Gasteiger charge is -2.26. The highest BCUT2D eigenvalue weighted by atomic mass is 35.5. The maximum absolute atomic E-state index is 12.9. The number of nitrogens with zero attached hydrogens (tertiary/aromatic N) is 2. The van der Waals surface area contributed by atoms with E-state index < -0.39 is 16.8 Å². The Labute approximate surface area is 173 Å². The minimum absolute atomic E-state index is 0.152. The molecule has 150 valence electrons. The van der Waals surface area contributed by atoms with Gasteiger partial charge in [0.05, 0.1) is 28.5 Å². The summed E-state index contributed by atoms with van der Waals surface area (Å²) in [4.78, 5) is 28.4. The monoisotopic (exact) mass is 413 g/mol. The Kier molecular flexibility index (Phi) is 6.29. The van der Waals surface area contributed by atoms with Crippen molar-refractivity contribution < 1.29 is 14.5 Å². The van der Waals surface area contributed by atoms with Crippen LogP contribution in [0.5, 0.6) is 0 Å². The maximum atomic E-state index is 12.9. The third-order valence-corrected chi connectivity index (χ3v) is 4.85. The topological polar surface area (TPSA) is 94.4 Å². The van der Waals surface area contributed by atoms with E-state index in [1.165, 1.54) is 0 Å². The van der Waals surface area contributed by atoms with Crippen molar-refractivity contribution in [3.63, 3.8) is 0 Å². The molecule has 0 saturated carbocycles. The number of hydrogen-bond acceptors (Lipinski definition) is 6. The smallest absolute Gasteiger partial charge is 0.337 e. The molecule has 1 aliphatic rings. The number of nitro groups is 1. The van der Waals surface area contributed by atoms with Crippen molar-refractivity contribution in [3.05, 3.63) is 97.7 Å². The summed E-state index contributed by atoms with van der Waals surface area (Å²) in [7, 11) is 0. The van der Waals surface area contributed by atoms with Crippen LogP contribution in [0.4, 0.5) is 0 Å². The average Bonchev–Trinajstić information content (AvgIpc) is 2.67. The summed E-state index contributed by atoms with van der Waals surface area (Å²) in [6, 6.07) is 14.4. The predicted octanol–water partition coefficient (Wildman–Crippen LogP) is 3.99. The van der Waals surface area contributed by atoms with Gasteiger partial charge in [0.25, 0.3) is 5.70 Å². The van der Waals surface area contributed by atoms with Crippen LogP contribution in [0.3, 0.4) is 0 Å². The molecular weight excluding hydrogens is 394 g/mol. The number of nitrogens with one attached hydrogen (secondary N) is 1. The number of dihydropyridines is 1. The summed E-state index contributed by atoms with van der Waals surface area (Å²) in [6.07, 6.45) is 0.545. The van der Waals surface area contributed by atoms with Crippen LogP contribution in [0, 0.1) is 10.1 Å². The van der Waals surface area contributed by atoms with Crippen LogP contribution in [-0.2, 0) is 16.0 Å². The molecule has 0 aliphatic carbocycles. The summed E-state index contributed by atoms with van der Waals surface area (Å²) >= 11 is 6.00. The fraction of sp³-hybridized carbons (Fsp3) is 0.238. The van der Waals surface area contributed by atoms with E-state index in [0.29, 0.717) is 23.5 Å². The van der Waals surface area contributed by atoms with E-state index in [-0.39, 0.29) is 23.0 Å².